The number of aromatic nitrogens is 3. The lowest BCUT2D eigenvalue weighted by Crippen LogP contribution is -2.46. The minimum Gasteiger partial charge on any atom is -0.380 e. The minimum atomic E-state index is -0.250. The lowest BCUT2D eigenvalue weighted by Gasteiger charge is -2.25. The lowest BCUT2D eigenvalue weighted by atomic mass is 10.1. The summed E-state index contributed by atoms with van der Waals surface area (Å²) in [5.41, 5.74) is 1.53. The number of halogens is 1. The number of aryl methyl sites for hydroxylation is 2. The zero-order chi connectivity index (χ0) is 19.2. The van der Waals surface area contributed by atoms with Crippen molar-refractivity contribution in [1.29, 1.82) is 0 Å². The van der Waals surface area contributed by atoms with Crippen LogP contribution in [0.5, 0.6) is 0 Å². The highest BCUT2D eigenvalue weighted by Crippen LogP contribution is 2.14. The summed E-state index contributed by atoms with van der Waals surface area (Å²) in [7, 11) is 3.31. The second-order valence-electron chi connectivity index (χ2n) is 6.64. The first-order valence-corrected chi connectivity index (χ1v) is 9.29. The molecule has 2 N–H and O–H groups in total. The van der Waals surface area contributed by atoms with Crippen molar-refractivity contribution in [3.8, 4) is 0 Å². The molecule has 1 aliphatic rings. The highest BCUT2D eigenvalue weighted by molar-refractivity contribution is 5.79. The molecule has 0 saturated heterocycles. The molecule has 2 aromatic rings. The van der Waals surface area contributed by atoms with Gasteiger partial charge >= 0.3 is 0 Å². The number of guanidine groups is 1. The molecule has 0 bridgehead atoms. The Kier molecular flexibility index (Phi) is 6.39. The number of hydrogen-bond acceptors (Lipinski definition) is 4. The standard InChI is InChI=1S/C19H27FN6O/c1-4-17-24-18-8-6-15(11-26(18)25-17)23-19(21-2)22-10-13-5-7-16(20)14(9-13)12-27-3/h5,7,9,15H,4,6,8,10-12H2,1-3H3,(H2,21,22,23). The van der Waals surface area contributed by atoms with Crippen molar-refractivity contribution in [1.82, 2.24) is 25.4 Å². The highest BCUT2D eigenvalue weighted by atomic mass is 19.1. The average Bonchev–Trinajstić information content (AvgIpc) is 3.10. The molecule has 0 saturated carbocycles. The van der Waals surface area contributed by atoms with Gasteiger partial charge in [0, 0.05) is 45.1 Å². The fraction of sp³-hybridized carbons (Fsp3) is 0.526. The van der Waals surface area contributed by atoms with Gasteiger partial charge in [-0.25, -0.2) is 14.1 Å². The second kappa shape index (κ2) is 8.94. The second-order valence-corrected chi connectivity index (χ2v) is 6.64. The van der Waals surface area contributed by atoms with Crippen molar-refractivity contribution in [2.24, 2.45) is 4.99 Å². The van der Waals surface area contributed by atoms with Crippen LogP contribution in [0.2, 0.25) is 0 Å². The van der Waals surface area contributed by atoms with Crippen LogP contribution in [-0.4, -0.2) is 40.9 Å². The van der Waals surface area contributed by atoms with Crippen molar-refractivity contribution < 1.29 is 9.13 Å². The van der Waals surface area contributed by atoms with Gasteiger partial charge in [0.1, 0.15) is 11.6 Å². The predicted molar refractivity (Wildman–Crippen MR) is 102 cm³/mol. The summed E-state index contributed by atoms with van der Waals surface area (Å²) in [4.78, 5) is 8.85. The molecule has 0 amide bonds. The molecule has 0 radical (unpaired) electrons. The number of nitrogens with one attached hydrogen (secondary N) is 2. The molecule has 0 fully saturated rings. The first-order valence-electron chi connectivity index (χ1n) is 9.29. The number of benzene rings is 1. The number of methoxy groups -OCH3 is 1. The predicted octanol–water partition coefficient (Wildman–Crippen LogP) is 1.81. The summed E-state index contributed by atoms with van der Waals surface area (Å²) in [6, 6.07) is 5.30. The van der Waals surface area contributed by atoms with Crippen molar-refractivity contribution in [2.75, 3.05) is 14.2 Å². The summed E-state index contributed by atoms with van der Waals surface area (Å²) in [6.45, 7) is 3.65. The van der Waals surface area contributed by atoms with E-state index in [2.05, 4.69) is 32.6 Å². The Bertz CT molecular complexity index is 803. The summed E-state index contributed by atoms with van der Waals surface area (Å²) in [6.07, 6.45) is 2.74. The fourth-order valence-electron chi connectivity index (χ4n) is 3.21. The van der Waals surface area contributed by atoms with Crippen LogP contribution in [0.3, 0.4) is 0 Å². The Morgan fingerprint density at radius 1 is 1.44 bits per heavy atom. The topological polar surface area (TPSA) is 76.4 Å². The van der Waals surface area contributed by atoms with E-state index in [-0.39, 0.29) is 18.5 Å². The SMILES string of the molecule is CCc1nc2n(n1)CC(NC(=NC)NCc1ccc(F)c(COC)c1)CC2. The van der Waals surface area contributed by atoms with E-state index in [1.807, 2.05) is 10.7 Å². The van der Waals surface area contributed by atoms with Gasteiger partial charge in [-0.3, -0.25) is 4.99 Å². The third-order valence-corrected chi connectivity index (χ3v) is 4.65. The van der Waals surface area contributed by atoms with E-state index in [1.54, 1.807) is 20.2 Å². The van der Waals surface area contributed by atoms with Crippen LogP contribution in [0.1, 0.15) is 36.1 Å². The number of rotatable bonds is 6. The maximum Gasteiger partial charge on any atom is 0.191 e. The molecule has 146 valence electrons. The number of fused-ring (bicyclic) bond motifs is 1. The smallest absolute Gasteiger partial charge is 0.191 e. The van der Waals surface area contributed by atoms with Crippen molar-refractivity contribution >= 4 is 5.96 Å². The molecule has 8 heteroatoms. The number of aliphatic imine (C=N–C) groups is 1. The Balaban J connectivity index is 1.56. The minimum absolute atomic E-state index is 0.243. The molecular formula is C19H27FN6O. The maximum atomic E-state index is 13.7. The maximum absolute atomic E-state index is 13.7. The van der Waals surface area contributed by atoms with Gasteiger partial charge in [-0.2, -0.15) is 5.10 Å². The van der Waals surface area contributed by atoms with Crippen LogP contribution >= 0.6 is 0 Å². The van der Waals surface area contributed by atoms with Crippen LogP contribution in [-0.2, 0) is 37.3 Å². The fourth-order valence-corrected chi connectivity index (χ4v) is 3.21. The largest absolute Gasteiger partial charge is 0.380 e. The average molecular weight is 374 g/mol. The Hall–Kier alpha value is -2.48. The third-order valence-electron chi connectivity index (χ3n) is 4.65. The number of hydrogen-bond donors (Lipinski definition) is 2. The number of ether oxygens (including phenoxy) is 1. The Morgan fingerprint density at radius 2 is 2.30 bits per heavy atom. The van der Waals surface area contributed by atoms with Crippen LogP contribution in [0.25, 0.3) is 0 Å². The molecule has 7 nitrogen and oxygen atoms in total. The van der Waals surface area contributed by atoms with Gasteiger partial charge in [0.05, 0.1) is 13.2 Å². The first-order chi connectivity index (χ1) is 13.1. The monoisotopic (exact) mass is 374 g/mol. The van der Waals surface area contributed by atoms with E-state index in [9.17, 15) is 4.39 Å². The van der Waals surface area contributed by atoms with Crippen LogP contribution in [0.15, 0.2) is 23.2 Å². The lowest BCUT2D eigenvalue weighted by molar-refractivity contribution is 0.181. The van der Waals surface area contributed by atoms with Gasteiger partial charge in [-0.05, 0) is 24.1 Å². The summed E-state index contributed by atoms with van der Waals surface area (Å²) < 4.78 is 20.8. The van der Waals surface area contributed by atoms with Gasteiger partial charge in [0.15, 0.2) is 11.8 Å². The van der Waals surface area contributed by atoms with Gasteiger partial charge in [-0.1, -0.05) is 13.0 Å². The van der Waals surface area contributed by atoms with Crippen molar-refractivity contribution in [2.45, 2.75) is 51.9 Å². The number of nitrogens with zero attached hydrogens (tertiary/aromatic N) is 4. The molecular weight excluding hydrogens is 347 g/mol. The van der Waals surface area contributed by atoms with Crippen LogP contribution in [0.4, 0.5) is 4.39 Å². The molecule has 1 aromatic carbocycles. The summed E-state index contributed by atoms with van der Waals surface area (Å²) in [5, 5.41) is 11.3. The molecule has 2 heterocycles. The summed E-state index contributed by atoms with van der Waals surface area (Å²) >= 11 is 0. The first kappa shape index (κ1) is 19.3. The molecule has 27 heavy (non-hydrogen) atoms. The van der Waals surface area contributed by atoms with Crippen LogP contribution in [0, 0.1) is 5.82 Å². The van der Waals surface area contributed by atoms with E-state index in [4.69, 9.17) is 4.74 Å². The van der Waals surface area contributed by atoms with Crippen LogP contribution < -0.4 is 10.6 Å². The molecule has 0 aliphatic carbocycles. The highest BCUT2D eigenvalue weighted by Gasteiger charge is 2.22. The quantitative estimate of drug-likeness (QED) is 0.596. The van der Waals surface area contributed by atoms with E-state index >= 15 is 0 Å². The summed E-state index contributed by atoms with van der Waals surface area (Å²) in [5.74, 6) is 2.43. The van der Waals surface area contributed by atoms with E-state index < -0.39 is 0 Å². The molecule has 1 atom stereocenters. The van der Waals surface area contributed by atoms with Gasteiger partial charge in [0.2, 0.25) is 0 Å². The van der Waals surface area contributed by atoms with Crippen molar-refractivity contribution in [3.63, 3.8) is 0 Å². The molecule has 1 aliphatic heterocycles. The van der Waals surface area contributed by atoms with E-state index in [0.29, 0.717) is 12.1 Å². The van der Waals surface area contributed by atoms with Crippen molar-refractivity contribution in [3.05, 3.63) is 46.8 Å². The molecule has 3 rings (SSSR count). The Labute approximate surface area is 159 Å². The van der Waals surface area contributed by atoms with Gasteiger partial charge in [0.25, 0.3) is 0 Å². The van der Waals surface area contributed by atoms with E-state index in [0.717, 1.165) is 49.0 Å². The Morgan fingerprint density at radius 3 is 3.04 bits per heavy atom. The molecule has 0 spiro atoms. The zero-order valence-electron chi connectivity index (χ0n) is 16.1. The third kappa shape index (κ3) is 4.82. The van der Waals surface area contributed by atoms with E-state index in [1.165, 1.54) is 6.07 Å². The molecule has 1 unspecified atom stereocenters. The van der Waals surface area contributed by atoms with Gasteiger partial charge < -0.3 is 15.4 Å². The normalized spacial score (nSPS) is 16.9. The molecule has 1 aromatic heterocycles. The zero-order valence-corrected chi connectivity index (χ0v) is 16.1. The van der Waals surface area contributed by atoms with Gasteiger partial charge in [-0.15, -0.1) is 0 Å².